The molecule has 36 heavy (non-hydrogen) atoms. The van der Waals surface area contributed by atoms with Gasteiger partial charge in [-0.05, 0) is 61.1 Å². The van der Waals surface area contributed by atoms with Gasteiger partial charge in [-0.1, -0.05) is 147 Å². The molecule has 0 fully saturated rings. The normalized spacial score (nSPS) is 15.3. The third kappa shape index (κ3) is 7.82. The summed E-state index contributed by atoms with van der Waals surface area (Å²) in [4.78, 5) is 0. The van der Waals surface area contributed by atoms with E-state index in [1.165, 1.54) is 33.4 Å². The molecule has 0 N–H and O–H groups in total. The van der Waals surface area contributed by atoms with E-state index in [-0.39, 0.29) is 11.8 Å². The van der Waals surface area contributed by atoms with Crippen molar-refractivity contribution in [2.75, 3.05) is 0 Å². The molecule has 0 spiro atoms. The maximum Gasteiger partial charge on any atom is 0.0336 e. The van der Waals surface area contributed by atoms with Crippen LogP contribution in [0.15, 0.2) is 163 Å². The lowest BCUT2D eigenvalue weighted by Gasteiger charge is -2.23. The molecule has 0 aromatic heterocycles. The minimum absolute atomic E-state index is 0.115. The molecule has 2 aromatic rings. The van der Waals surface area contributed by atoms with Gasteiger partial charge in [-0.2, -0.15) is 0 Å². The molecule has 0 saturated heterocycles. The van der Waals surface area contributed by atoms with Gasteiger partial charge >= 0.3 is 0 Å². The van der Waals surface area contributed by atoms with E-state index in [1.54, 1.807) is 0 Å². The third-order valence-electron chi connectivity index (χ3n) is 6.09. The summed E-state index contributed by atoms with van der Waals surface area (Å²) >= 11 is 0. The smallest absolute Gasteiger partial charge is 0.0336 e. The topological polar surface area (TPSA) is 0 Å². The van der Waals surface area contributed by atoms with Crippen molar-refractivity contribution < 1.29 is 0 Å². The van der Waals surface area contributed by atoms with Crippen LogP contribution in [0.5, 0.6) is 0 Å². The third-order valence-corrected chi connectivity index (χ3v) is 6.09. The second-order valence-corrected chi connectivity index (χ2v) is 8.40. The van der Waals surface area contributed by atoms with Crippen LogP contribution in [-0.2, 0) is 0 Å². The van der Waals surface area contributed by atoms with Gasteiger partial charge in [0.2, 0.25) is 0 Å². The first kappa shape index (κ1) is 28.3. The SMILES string of the molecule is C=C/C=C\C(=C/C)C(C(/C=C\C)=C/C=C\C)c1ccc(C(C(/C=C\C=C)=C/C)c2ccccc2)cc1. The molecule has 0 heterocycles. The first-order valence-electron chi connectivity index (χ1n) is 12.7. The maximum absolute atomic E-state index is 3.86. The molecule has 0 saturated carbocycles. The minimum atomic E-state index is 0.115. The Balaban J connectivity index is 2.67. The van der Waals surface area contributed by atoms with E-state index in [0.29, 0.717) is 0 Å². The highest BCUT2D eigenvalue weighted by Gasteiger charge is 2.20. The highest BCUT2D eigenvalue weighted by molar-refractivity contribution is 5.51. The van der Waals surface area contributed by atoms with Crippen LogP contribution < -0.4 is 0 Å². The molecule has 0 bridgehead atoms. The van der Waals surface area contributed by atoms with Crippen LogP contribution in [0, 0.1) is 0 Å². The fourth-order valence-electron chi connectivity index (χ4n) is 4.41. The summed E-state index contributed by atoms with van der Waals surface area (Å²) in [6, 6.07) is 19.8. The summed E-state index contributed by atoms with van der Waals surface area (Å²) in [7, 11) is 0. The second-order valence-electron chi connectivity index (χ2n) is 8.40. The van der Waals surface area contributed by atoms with E-state index in [0.717, 1.165) is 0 Å². The van der Waals surface area contributed by atoms with E-state index in [2.05, 4.69) is 143 Å². The number of benzene rings is 2. The average molecular weight is 473 g/mol. The molecule has 2 rings (SSSR count). The summed E-state index contributed by atoms with van der Waals surface area (Å²) in [5, 5.41) is 0. The van der Waals surface area contributed by atoms with Crippen molar-refractivity contribution in [3.8, 4) is 0 Å². The Morgan fingerprint density at radius 1 is 0.583 bits per heavy atom. The number of rotatable bonds is 12. The van der Waals surface area contributed by atoms with Gasteiger partial charge in [-0.15, -0.1) is 0 Å². The van der Waals surface area contributed by atoms with Gasteiger partial charge < -0.3 is 0 Å². The van der Waals surface area contributed by atoms with Gasteiger partial charge in [-0.25, -0.2) is 0 Å². The van der Waals surface area contributed by atoms with Crippen LogP contribution in [0.2, 0.25) is 0 Å². The minimum Gasteiger partial charge on any atom is -0.0991 e. The lowest BCUT2D eigenvalue weighted by atomic mass is 9.80. The highest BCUT2D eigenvalue weighted by Crippen LogP contribution is 2.37. The largest absolute Gasteiger partial charge is 0.0991 e. The second kappa shape index (κ2) is 15.9. The van der Waals surface area contributed by atoms with Crippen LogP contribution in [0.3, 0.4) is 0 Å². The standard InChI is InChI=1S/C36H40/c1-7-13-20-29(11-5)35(31(19-10-4)22-15-9-3)33-25-27-34(28-26-33)36(30(12-6)21-14-8-2)32-23-17-16-18-24-32/h7-28,35-36H,1-2H2,3-6H3/b15-9-,19-10-,20-13-,21-14-,29-11+,30-12+,31-22+. The lowest BCUT2D eigenvalue weighted by molar-refractivity contribution is 0.947. The van der Waals surface area contributed by atoms with Crippen LogP contribution in [0.1, 0.15) is 56.2 Å². The summed E-state index contributed by atoms with van der Waals surface area (Å²) in [5.74, 6) is 0.264. The fraction of sp³-hybridized carbons (Fsp3) is 0.167. The molecule has 0 radical (unpaired) electrons. The maximum atomic E-state index is 3.86. The predicted molar refractivity (Wildman–Crippen MR) is 161 cm³/mol. The molecular weight excluding hydrogens is 432 g/mol. The summed E-state index contributed by atoms with van der Waals surface area (Å²) in [6.45, 7) is 16.0. The Kier molecular flexibility index (Phi) is 12.5. The summed E-state index contributed by atoms with van der Waals surface area (Å²) < 4.78 is 0. The number of allylic oxidation sites excluding steroid dienone is 16. The number of hydrogen-bond donors (Lipinski definition) is 0. The van der Waals surface area contributed by atoms with Gasteiger partial charge in [0.05, 0.1) is 0 Å². The highest BCUT2D eigenvalue weighted by atomic mass is 14.2. The van der Waals surface area contributed by atoms with E-state index < -0.39 is 0 Å². The Bertz CT molecular complexity index is 1170. The Morgan fingerprint density at radius 3 is 1.67 bits per heavy atom. The van der Waals surface area contributed by atoms with Gasteiger partial charge in [0.25, 0.3) is 0 Å². The van der Waals surface area contributed by atoms with Gasteiger partial charge in [0, 0.05) is 11.8 Å². The molecule has 0 aliphatic heterocycles. The average Bonchev–Trinajstić information content (AvgIpc) is 2.92. The van der Waals surface area contributed by atoms with E-state index in [1.807, 2.05) is 31.2 Å². The first-order chi connectivity index (χ1) is 17.6. The van der Waals surface area contributed by atoms with Crippen LogP contribution in [0.4, 0.5) is 0 Å². The molecule has 0 aliphatic rings. The van der Waals surface area contributed by atoms with Crippen LogP contribution in [-0.4, -0.2) is 0 Å². The van der Waals surface area contributed by atoms with Gasteiger partial charge in [0.15, 0.2) is 0 Å². The predicted octanol–water partition coefficient (Wildman–Crippen LogP) is 10.4. The molecule has 0 heteroatoms. The van der Waals surface area contributed by atoms with Gasteiger partial charge in [0.1, 0.15) is 0 Å². The van der Waals surface area contributed by atoms with Crippen molar-refractivity contribution in [1.29, 1.82) is 0 Å². The molecule has 2 atom stereocenters. The fourth-order valence-corrected chi connectivity index (χ4v) is 4.41. The van der Waals surface area contributed by atoms with Crippen molar-refractivity contribution in [3.63, 3.8) is 0 Å². The molecule has 0 aliphatic carbocycles. The van der Waals surface area contributed by atoms with E-state index >= 15 is 0 Å². The van der Waals surface area contributed by atoms with Crippen LogP contribution >= 0.6 is 0 Å². The summed E-state index contributed by atoms with van der Waals surface area (Å²) in [6.07, 6.45) is 27.1. The molecular formula is C36H40. The zero-order chi connectivity index (χ0) is 26.2. The molecule has 184 valence electrons. The molecule has 2 unspecified atom stereocenters. The number of hydrogen-bond acceptors (Lipinski definition) is 0. The first-order valence-corrected chi connectivity index (χ1v) is 12.7. The van der Waals surface area contributed by atoms with E-state index in [4.69, 9.17) is 0 Å². The molecule has 2 aromatic carbocycles. The quantitative estimate of drug-likeness (QED) is 0.269. The Hall–Kier alpha value is -3.90. The van der Waals surface area contributed by atoms with Crippen LogP contribution in [0.25, 0.3) is 0 Å². The zero-order valence-electron chi connectivity index (χ0n) is 22.3. The van der Waals surface area contributed by atoms with Crippen molar-refractivity contribution in [2.45, 2.75) is 39.5 Å². The monoisotopic (exact) mass is 472 g/mol. The zero-order valence-corrected chi connectivity index (χ0v) is 22.3. The van der Waals surface area contributed by atoms with E-state index in [9.17, 15) is 0 Å². The molecule has 0 nitrogen and oxygen atoms in total. The summed E-state index contributed by atoms with van der Waals surface area (Å²) in [5.41, 5.74) is 7.52. The van der Waals surface area contributed by atoms with Gasteiger partial charge in [-0.3, -0.25) is 0 Å². The molecule has 0 amide bonds. The Morgan fingerprint density at radius 2 is 1.14 bits per heavy atom. The van der Waals surface area contributed by atoms with Crippen molar-refractivity contribution in [1.82, 2.24) is 0 Å². The van der Waals surface area contributed by atoms with Crippen molar-refractivity contribution in [2.24, 2.45) is 0 Å². The van der Waals surface area contributed by atoms with Crippen molar-refractivity contribution >= 4 is 0 Å². The lowest BCUT2D eigenvalue weighted by Crippen LogP contribution is -2.07. The Labute approximate surface area is 219 Å². The van der Waals surface area contributed by atoms with Crippen molar-refractivity contribution in [3.05, 3.63) is 180 Å².